The van der Waals surface area contributed by atoms with Crippen LogP contribution in [0.1, 0.15) is 20.3 Å². The second kappa shape index (κ2) is 5.57. The lowest BCUT2D eigenvalue weighted by atomic mass is 10.3. The van der Waals surface area contributed by atoms with Gasteiger partial charge in [0, 0.05) is 11.9 Å². The zero-order chi connectivity index (χ0) is 6.41. The van der Waals surface area contributed by atoms with Crippen molar-refractivity contribution in [3.63, 3.8) is 0 Å². The van der Waals surface area contributed by atoms with Crippen LogP contribution in [0.3, 0.4) is 0 Å². The Labute approximate surface area is 59.5 Å². The molecule has 0 radical (unpaired) electrons. The van der Waals surface area contributed by atoms with Gasteiger partial charge in [0.05, 0.1) is 6.10 Å². The van der Waals surface area contributed by atoms with Gasteiger partial charge in [-0.3, -0.25) is 0 Å². The van der Waals surface area contributed by atoms with Gasteiger partial charge < -0.3 is 4.74 Å². The van der Waals surface area contributed by atoms with Gasteiger partial charge in [0.1, 0.15) is 0 Å². The summed E-state index contributed by atoms with van der Waals surface area (Å²) in [7, 11) is 0. The first-order valence-corrected chi connectivity index (χ1v) is 4.14. The van der Waals surface area contributed by atoms with Crippen molar-refractivity contribution in [2.75, 3.05) is 11.9 Å². The van der Waals surface area contributed by atoms with E-state index in [0.717, 1.165) is 18.4 Å². The van der Waals surface area contributed by atoms with Gasteiger partial charge in [0.25, 0.3) is 0 Å². The van der Waals surface area contributed by atoms with Crippen molar-refractivity contribution in [2.45, 2.75) is 26.4 Å². The highest BCUT2D eigenvalue weighted by molar-refractivity contribution is 9.09. The predicted molar refractivity (Wildman–Crippen MR) is 39.5 cm³/mol. The smallest absolute Gasteiger partial charge is 0.0669 e. The van der Waals surface area contributed by atoms with Crippen LogP contribution in [0.25, 0.3) is 0 Å². The normalized spacial score (nSPS) is 13.9. The number of rotatable bonds is 4. The summed E-state index contributed by atoms with van der Waals surface area (Å²) in [6.07, 6.45) is 1.51. The van der Waals surface area contributed by atoms with Gasteiger partial charge in [-0.15, -0.1) is 0 Å². The maximum absolute atomic E-state index is 5.29. The van der Waals surface area contributed by atoms with E-state index in [9.17, 15) is 0 Å². The molecule has 1 atom stereocenters. The molecular weight excluding hydrogens is 168 g/mol. The molecule has 0 aromatic heterocycles. The lowest BCUT2D eigenvalue weighted by molar-refractivity contribution is 0.0781. The molecule has 2 heteroatoms. The van der Waals surface area contributed by atoms with Crippen molar-refractivity contribution >= 4 is 15.9 Å². The van der Waals surface area contributed by atoms with Crippen molar-refractivity contribution in [1.82, 2.24) is 0 Å². The van der Waals surface area contributed by atoms with E-state index in [4.69, 9.17) is 4.74 Å². The lowest BCUT2D eigenvalue weighted by Crippen LogP contribution is -2.12. The molecule has 0 aromatic rings. The first kappa shape index (κ1) is 8.44. The van der Waals surface area contributed by atoms with E-state index in [1.54, 1.807) is 0 Å². The Hall–Kier alpha value is 0.440. The Morgan fingerprint density at radius 2 is 2.12 bits per heavy atom. The van der Waals surface area contributed by atoms with Crippen LogP contribution in [0, 0.1) is 0 Å². The number of halogens is 1. The Kier molecular flexibility index (Phi) is 5.88. The molecule has 0 fully saturated rings. The molecule has 1 nitrogen and oxygen atoms in total. The van der Waals surface area contributed by atoms with Gasteiger partial charge in [-0.2, -0.15) is 0 Å². The first-order chi connectivity index (χ1) is 3.85. The molecule has 0 aliphatic carbocycles. The number of hydrogen-bond donors (Lipinski definition) is 0. The molecule has 0 rings (SSSR count). The largest absolute Gasteiger partial charge is 0.378 e. The van der Waals surface area contributed by atoms with Crippen LogP contribution in [-0.2, 0) is 4.74 Å². The van der Waals surface area contributed by atoms with Crippen molar-refractivity contribution in [2.24, 2.45) is 0 Å². The molecule has 50 valence electrons. The minimum absolute atomic E-state index is 0.417. The number of alkyl halides is 1. The lowest BCUT2D eigenvalue weighted by Gasteiger charge is -2.09. The zero-order valence-corrected chi connectivity index (χ0v) is 7.07. The molecular formula is C6H13BrO. The van der Waals surface area contributed by atoms with Crippen LogP contribution < -0.4 is 0 Å². The Bertz CT molecular complexity index is 43.8. The third-order valence-electron chi connectivity index (χ3n) is 1.03. The topological polar surface area (TPSA) is 9.23 Å². The summed E-state index contributed by atoms with van der Waals surface area (Å²) in [4.78, 5) is 0. The van der Waals surface area contributed by atoms with Crippen LogP contribution in [0.15, 0.2) is 0 Å². The Morgan fingerprint density at radius 3 is 2.25 bits per heavy atom. The SMILES string of the molecule is CCO[C@@H](CC)CBr. The number of hydrogen-bond acceptors (Lipinski definition) is 1. The zero-order valence-electron chi connectivity index (χ0n) is 5.48. The van der Waals surface area contributed by atoms with Gasteiger partial charge in [0.2, 0.25) is 0 Å². The van der Waals surface area contributed by atoms with E-state index < -0.39 is 0 Å². The summed E-state index contributed by atoms with van der Waals surface area (Å²) in [5.41, 5.74) is 0. The monoisotopic (exact) mass is 180 g/mol. The summed E-state index contributed by atoms with van der Waals surface area (Å²) in [5, 5.41) is 0.956. The van der Waals surface area contributed by atoms with Gasteiger partial charge in [-0.05, 0) is 13.3 Å². The van der Waals surface area contributed by atoms with Crippen molar-refractivity contribution in [3.05, 3.63) is 0 Å². The van der Waals surface area contributed by atoms with Crippen LogP contribution in [0.2, 0.25) is 0 Å². The summed E-state index contributed by atoms with van der Waals surface area (Å²) in [5.74, 6) is 0. The highest BCUT2D eigenvalue weighted by Crippen LogP contribution is 2.00. The fourth-order valence-corrected chi connectivity index (χ4v) is 1.15. The molecule has 0 aliphatic rings. The van der Waals surface area contributed by atoms with Crippen LogP contribution in [0.5, 0.6) is 0 Å². The molecule has 0 aromatic carbocycles. The van der Waals surface area contributed by atoms with E-state index in [1.807, 2.05) is 6.92 Å². The summed E-state index contributed by atoms with van der Waals surface area (Å²) < 4.78 is 5.29. The average molecular weight is 181 g/mol. The predicted octanol–water partition coefficient (Wildman–Crippen LogP) is 2.20. The average Bonchev–Trinajstić information content (AvgIpc) is 1.83. The van der Waals surface area contributed by atoms with E-state index in [-0.39, 0.29) is 0 Å². The molecule has 0 spiro atoms. The van der Waals surface area contributed by atoms with Crippen molar-refractivity contribution in [3.8, 4) is 0 Å². The highest BCUT2D eigenvalue weighted by atomic mass is 79.9. The van der Waals surface area contributed by atoms with Gasteiger partial charge in [0.15, 0.2) is 0 Å². The molecule has 0 unspecified atom stereocenters. The third-order valence-corrected chi connectivity index (χ3v) is 1.75. The minimum atomic E-state index is 0.417. The van der Waals surface area contributed by atoms with E-state index >= 15 is 0 Å². The summed E-state index contributed by atoms with van der Waals surface area (Å²) in [6.45, 7) is 4.97. The fourth-order valence-electron chi connectivity index (χ4n) is 0.507. The quantitative estimate of drug-likeness (QED) is 0.604. The third kappa shape index (κ3) is 3.44. The van der Waals surface area contributed by atoms with Crippen molar-refractivity contribution < 1.29 is 4.74 Å². The molecule has 0 saturated carbocycles. The first-order valence-electron chi connectivity index (χ1n) is 3.02. The fraction of sp³-hybridized carbons (Fsp3) is 1.00. The molecule has 0 N–H and O–H groups in total. The molecule has 0 aliphatic heterocycles. The van der Waals surface area contributed by atoms with E-state index in [0.29, 0.717) is 6.10 Å². The van der Waals surface area contributed by atoms with Crippen LogP contribution >= 0.6 is 15.9 Å². The Balaban J connectivity index is 3.07. The number of ether oxygens (including phenoxy) is 1. The van der Waals surface area contributed by atoms with E-state index in [1.165, 1.54) is 0 Å². The second-order valence-corrected chi connectivity index (χ2v) is 2.29. The summed E-state index contributed by atoms with van der Waals surface area (Å²) in [6, 6.07) is 0. The standard InChI is InChI=1S/C6H13BrO/c1-3-6(5-7)8-4-2/h6H,3-5H2,1-2H3/t6-/m0/s1. The van der Waals surface area contributed by atoms with E-state index in [2.05, 4.69) is 22.9 Å². The minimum Gasteiger partial charge on any atom is -0.378 e. The summed E-state index contributed by atoms with van der Waals surface area (Å²) >= 11 is 3.35. The Morgan fingerprint density at radius 1 is 1.50 bits per heavy atom. The maximum Gasteiger partial charge on any atom is 0.0669 e. The molecule has 0 saturated heterocycles. The molecule has 0 bridgehead atoms. The van der Waals surface area contributed by atoms with Crippen molar-refractivity contribution in [1.29, 1.82) is 0 Å². The van der Waals surface area contributed by atoms with Crippen LogP contribution in [0.4, 0.5) is 0 Å². The molecule has 0 heterocycles. The maximum atomic E-state index is 5.29. The van der Waals surface area contributed by atoms with Gasteiger partial charge in [-0.25, -0.2) is 0 Å². The molecule has 0 amide bonds. The van der Waals surface area contributed by atoms with Gasteiger partial charge >= 0.3 is 0 Å². The molecule has 8 heavy (non-hydrogen) atoms. The van der Waals surface area contributed by atoms with Gasteiger partial charge in [-0.1, -0.05) is 22.9 Å². The van der Waals surface area contributed by atoms with Crippen LogP contribution in [-0.4, -0.2) is 18.0 Å². The second-order valence-electron chi connectivity index (χ2n) is 1.64. The highest BCUT2D eigenvalue weighted by Gasteiger charge is 1.99.